The predicted octanol–water partition coefficient (Wildman–Crippen LogP) is 3.38. The molecule has 0 bridgehead atoms. The van der Waals surface area contributed by atoms with Gasteiger partial charge in [0.15, 0.2) is 11.4 Å². The highest BCUT2D eigenvalue weighted by atomic mass is 35.5. The Kier molecular flexibility index (Phi) is 6.08. The zero-order valence-electron chi connectivity index (χ0n) is 19.2. The van der Waals surface area contributed by atoms with Crippen LogP contribution in [-0.2, 0) is 15.1 Å². The fraction of sp³-hybridized carbons (Fsp3) is 0.423. The summed E-state index contributed by atoms with van der Waals surface area (Å²) >= 11 is 6.58. The average Bonchev–Trinajstić information content (AvgIpc) is 3.43. The zero-order chi connectivity index (χ0) is 23.9. The van der Waals surface area contributed by atoms with Crippen LogP contribution < -0.4 is 10.2 Å². The molecule has 2 saturated heterocycles. The van der Waals surface area contributed by atoms with Crippen LogP contribution in [0.1, 0.15) is 58.0 Å². The Balaban J connectivity index is 1.37. The van der Waals surface area contributed by atoms with E-state index >= 15 is 0 Å². The number of hydrogen-bond donors (Lipinski definition) is 1. The molecule has 2 aromatic carbocycles. The normalized spacial score (nSPS) is 21.6. The second-order valence-corrected chi connectivity index (χ2v) is 9.56. The summed E-state index contributed by atoms with van der Waals surface area (Å²) in [7, 11) is 0. The zero-order valence-corrected chi connectivity index (χ0v) is 20.0. The summed E-state index contributed by atoms with van der Waals surface area (Å²) in [6.07, 6.45) is 2.12. The van der Waals surface area contributed by atoms with E-state index in [9.17, 15) is 14.4 Å². The molecule has 0 aromatic heterocycles. The number of carbonyl (C=O) groups is 3. The van der Waals surface area contributed by atoms with E-state index < -0.39 is 11.6 Å². The van der Waals surface area contributed by atoms with Crippen LogP contribution in [0.15, 0.2) is 36.4 Å². The van der Waals surface area contributed by atoms with E-state index in [0.717, 1.165) is 24.2 Å². The molecule has 3 heterocycles. The molecule has 5 rings (SSSR count). The molecule has 8 heteroatoms. The fourth-order valence-electron chi connectivity index (χ4n) is 5.23. The van der Waals surface area contributed by atoms with Crippen LogP contribution in [0, 0.1) is 0 Å². The maximum absolute atomic E-state index is 13.5. The van der Waals surface area contributed by atoms with E-state index in [1.54, 1.807) is 24.3 Å². The molecule has 3 aliphatic rings. The highest BCUT2D eigenvalue weighted by Gasteiger charge is 2.49. The lowest BCUT2D eigenvalue weighted by Crippen LogP contribution is -2.48. The second kappa shape index (κ2) is 9.04. The van der Waals surface area contributed by atoms with Crippen LogP contribution in [0.3, 0.4) is 0 Å². The Hall–Kier alpha value is -2.90. The molecule has 34 heavy (non-hydrogen) atoms. The quantitative estimate of drug-likeness (QED) is 0.521. The summed E-state index contributed by atoms with van der Waals surface area (Å²) in [6, 6.07) is 10.7. The SMILES string of the molecule is CCCC(=O)N1CCN(c2ccc(C(=O)c3cccc4c3C(=O)O[C@]43CCNC3)c(Cl)c2)CC1. The van der Waals surface area contributed by atoms with Crippen molar-refractivity contribution in [1.82, 2.24) is 10.2 Å². The van der Waals surface area contributed by atoms with Gasteiger partial charge < -0.3 is 19.9 Å². The summed E-state index contributed by atoms with van der Waals surface area (Å²) < 4.78 is 5.76. The molecule has 1 amide bonds. The van der Waals surface area contributed by atoms with Gasteiger partial charge in [-0.1, -0.05) is 36.7 Å². The van der Waals surface area contributed by atoms with E-state index in [1.165, 1.54) is 0 Å². The van der Waals surface area contributed by atoms with Gasteiger partial charge >= 0.3 is 5.97 Å². The number of nitrogens with one attached hydrogen (secondary N) is 1. The standard InChI is InChI=1S/C26H28ClN3O4/c1-2-4-22(31)30-13-11-29(12-14-30)17-7-8-18(21(27)15-17)24(32)19-5-3-6-20-23(19)25(33)34-26(20)9-10-28-16-26/h3,5-8,15,28H,2,4,9-14,16H2,1H3/t26-/m0/s1. The number of carbonyl (C=O) groups excluding carboxylic acids is 3. The first-order valence-corrected chi connectivity index (χ1v) is 12.3. The summed E-state index contributed by atoms with van der Waals surface area (Å²) in [5, 5.41) is 3.59. The molecule has 3 aliphatic heterocycles. The summed E-state index contributed by atoms with van der Waals surface area (Å²) in [4.78, 5) is 42.5. The molecule has 178 valence electrons. The number of ether oxygens (including phenoxy) is 1. The number of benzene rings is 2. The minimum atomic E-state index is -0.684. The monoisotopic (exact) mass is 481 g/mol. The Labute approximate surface area is 204 Å². The van der Waals surface area contributed by atoms with Gasteiger partial charge in [0, 0.05) is 67.9 Å². The van der Waals surface area contributed by atoms with Crippen molar-refractivity contribution >= 4 is 34.9 Å². The molecular weight excluding hydrogens is 454 g/mol. The molecule has 7 nitrogen and oxygen atoms in total. The average molecular weight is 482 g/mol. The fourth-order valence-corrected chi connectivity index (χ4v) is 5.49. The number of esters is 1. The number of ketones is 1. The van der Waals surface area contributed by atoms with Gasteiger partial charge in [-0.25, -0.2) is 4.79 Å². The number of fused-ring (bicyclic) bond motifs is 2. The Morgan fingerprint density at radius 3 is 2.59 bits per heavy atom. The number of amides is 1. The Morgan fingerprint density at radius 1 is 1.12 bits per heavy atom. The van der Waals surface area contributed by atoms with Gasteiger partial charge in [-0.3, -0.25) is 9.59 Å². The highest BCUT2D eigenvalue weighted by Crippen LogP contribution is 2.42. The van der Waals surface area contributed by atoms with E-state index in [4.69, 9.17) is 16.3 Å². The molecular formula is C26H28ClN3O4. The summed E-state index contributed by atoms with van der Waals surface area (Å²) in [6.45, 7) is 6.10. The predicted molar refractivity (Wildman–Crippen MR) is 130 cm³/mol. The largest absolute Gasteiger partial charge is 0.449 e. The smallest absolute Gasteiger partial charge is 0.340 e. The number of hydrogen-bond acceptors (Lipinski definition) is 6. The number of rotatable bonds is 5. The Bertz CT molecular complexity index is 1150. The number of piperazine rings is 1. The van der Waals surface area contributed by atoms with E-state index in [1.807, 2.05) is 24.0 Å². The van der Waals surface area contributed by atoms with Gasteiger partial charge in [0.25, 0.3) is 0 Å². The van der Waals surface area contributed by atoms with E-state index in [-0.39, 0.29) is 11.7 Å². The van der Waals surface area contributed by atoms with Gasteiger partial charge in [0.2, 0.25) is 5.91 Å². The van der Waals surface area contributed by atoms with Crippen molar-refractivity contribution in [2.75, 3.05) is 44.2 Å². The van der Waals surface area contributed by atoms with Crippen LogP contribution in [0.5, 0.6) is 0 Å². The van der Waals surface area contributed by atoms with Crippen LogP contribution >= 0.6 is 11.6 Å². The maximum atomic E-state index is 13.5. The molecule has 0 unspecified atom stereocenters. The number of halogens is 1. The van der Waals surface area contributed by atoms with Gasteiger partial charge in [0.05, 0.1) is 10.6 Å². The molecule has 0 saturated carbocycles. The van der Waals surface area contributed by atoms with Crippen molar-refractivity contribution in [1.29, 1.82) is 0 Å². The molecule has 1 atom stereocenters. The lowest BCUT2D eigenvalue weighted by atomic mass is 9.87. The first-order valence-electron chi connectivity index (χ1n) is 11.9. The van der Waals surface area contributed by atoms with Gasteiger partial charge in [-0.2, -0.15) is 0 Å². The Morgan fingerprint density at radius 2 is 1.91 bits per heavy atom. The van der Waals surface area contributed by atoms with Gasteiger partial charge in [0.1, 0.15) is 0 Å². The number of anilines is 1. The molecule has 2 fully saturated rings. The summed E-state index contributed by atoms with van der Waals surface area (Å²) in [5.41, 5.74) is 2.04. The summed E-state index contributed by atoms with van der Waals surface area (Å²) in [5.74, 6) is -0.542. The van der Waals surface area contributed by atoms with Crippen molar-refractivity contribution in [3.63, 3.8) is 0 Å². The first-order chi connectivity index (χ1) is 16.4. The van der Waals surface area contributed by atoms with Gasteiger partial charge in [-0.15, -0.1) is 0 Å². The molecule has 0 aliphatic carbocycles. The van der Waals surface area contributed by atoms with E-state index in [0.29, 0.717) is 67.3 Å². The molecule has 2 aromatic rings. The third kappa shape index (κ3) is 3.87. The van der Waals surface area contributed by atoms with Gasteiger partial charge in [-0.05, 0) is 31.2 Å². The van der Waals surface area contributed by atoms with Crippen LogP contribution in [0.4, 0.5) is 5.69 Å². The molecule has 0 radical (unpaired) electrons. The number of nitrogens with zero attached hydrogens (tertiary/aromatic N) is 2. The molecule has 1 spiro atoms. The molecule has 1 N–H and O–H groups in total. The van der Waals surface area contributed by atoms with Crippen molar-refractivity contribution in [3.8, 4) is 0 Å². The van der Waals surface area contributed by atoms with Crippen molar-refractivity contribution in [3.05, 3.63) is 63.7 Å². The minimum Gasteiger partial charge on any atom is -0.449 e. The van der Waals surface area contributed by atoms with Crippen LogP contribution in [0.2, 0.25) is 5.02 Å². The first kappa shape index (κ1) is 22.9. The third-order valence-electron chi connectivity index (χ3n) is 7.07. The van der Waals surface area contributed by atoms with E-state index in [2.05, 4.69) is 10.2 Å². The minimum absolute atomic E-state index is 0.199. The second-order valence-electron chi connectivity index (χ2n) is 9.15. The lowest BCUT2D eigenvalue weighted by molar-refractivity contribution is -0.131. The van der Waals surface area contributed by atoms with Crippen molar-refractivity contribution in [2.24, 2.45) is 0 Å². The lowest BCUT2D eigenvalue weighted by Gasteiger charge is -2.36. The topological polar surface area (TPSA) is 79.0 Å². The van der Waals surface area contributed by atoms with Crippen molar-refractivity contribution in [2.45, 2.75) is 31.8 Å². The van der Waals surface area contributed by atoms with Crippen LogP contribution in [0.25, 0.3) is 0 Å². The highest BCUT2D eigenvalue weighted by molar-refractivity contribution is 6.35. The maximum Gasteiger partial charge on any atom is 0.340 e. The van der Waals surface area contributed by atoms with Crippen LogP contribution in [-0.4, -0.2) is 61.8 Å². The third-order valence-corrected chi connectivity index (χ3v) is 7.38. The van der Waals surface area contributed by atoms with Crippen molar-refractivity contribution < 1.29 is 19.1 Å².